The molecule has 26 heavy (non-hydrogen) atoms. The highest BCUT2D eigenvalue weighted by atomic mass is 35.5. The third kappa shape index (κ3) is 6.46. The third-order valence-corrected chi connectivity index (χ3v) is 5.08. The maximum atomic E-state index is 12.0. The second-order valence-electron chi connectivity index (χ2n) is 5.59. The van der Waals surface area contributed by atoms with Gasteiger partial charge in [-0.25, -0.2) is 0 Å². The average Bonchev–Trinajstić information content (AvgIpc) is 2.66. The topological polar surface area (TPSA) is 47.6 Å². The van der Waals surface area contributed by atoms with Gasteiger partial charge in [0.1, 0.15) is 0 Å². The SMILES string of the molecule is CCOc1ccc(CNC(=O)CCSCc2ccccc2Cl)cc1OC. The van der Waals surface area contributed by atoms with Crippen LogP contribution in [-0.4, -0.2) is 25.4 Å². The molecule has 0 aromatic heterocycles. The minimum absolute atomic E-state index is 0.0320. The van der Waals surface area contributed by atoms with Gasteiger partial charge in [-0.3, -0.25) is 4.79 Å². The minimum Gasteiger partial charge on any atom is -0.493 e. The van der Waals surface area contributed by atoms with E-state index in [2.05, 4.69) is 5.32 Å². The molecule has 0 saturated carbocycles. The molecule has 6 heteroatoms. The molecule has 2 rings (SSSR count). The smallest absolute Gasteiger partial charge is 0.221 e. The minimum atomic E-state index is 0.0320. The van der Waals surface area contributed by atoms with Gasteiger partial charge >= 0.3 is 0 Å². The number of carbonyl (C=O) groups excluding carboxylic acids is 1. The number of hydrogen-bond donors (Lipinski definition) is 1. The van der Waals surface area contributed by atoms with E-state index in [0.717, 1.165) is 27.7 Å². The molecule has 2 aromatic rings. The Balaban J connectivity index is 1.72. The number of carbonyl (C=O) groups is 1. The molecule has 1 amide bonds. The fourth-order valence-electron chi connectivity index (χ4n) is 2.35. The summed E-state index contributed by atoms with van der Waals surface area (Å²) in [5.41, 5.74) is 2.07. The number of ether oxygens (including phenoxy) is 2. The highest BCUT2D eigenvalue weighted by molar-refractivity contribution is 7.98. The summed E-state index contributed by atoms with van der Waals surface area (Å²) in [6.07, 6.45) is 0.475. The highest BCUT2D eigenvalue weighted by Crippen LogP contribution is 2.28. The standard InChI is InChI=1S/C20H24ClNO3S/c1-3-25-18-9-8-15(12-19(18)24-2)13-22-20(23)10-11-26-14-16-6-4-5-7-17(16)21/h4-9,12H,3,10-11,13-14H2,1-2H3,(H,22,23). The lowest BCUT2D eigenvalue weighted by molar-refractivity contribution is -0.120. The van der Waals surface area contributed by atoms with Crippen LogP contribution in [0.25, 0.3) is 0 Å². The van der Waals surface area contributed by atoms with Crippen molar-refractivity contribution in [2.24, 2.45) is 0 Å². The summed E-state index contributed by atoms with van der Waals surface area (Å²) in [4.78, 5) is 12.0. The molecule has 1 N–H and O–H groups in total. The Bertz CT molecular complexity index is 724. The van der Waals surface area contributed by atoms with Crippen molar-refractivity contribution in [2.75, 3.05) is 19.5 Å². The molecule has 0 spiro atoms. The molecule has 0 bridgehead atoms. The van der Waals surface area contributed by atoms with Crippen LogP contribution in [0.5, 0.6) is 11.5 Å². The Morgan fingerprint density at radius 2 is 2.00 bits per heavy atom. The molecule has 4 nitrogen and oxygen atoms in total. The van der Waals surface area contributed by atoms with E-state index in [1.165, 1.54) is 0 Å². The molecule has 0 aliphatic rings. The fraction of sp³-hybridized carbons (Fsp3) is 0.350. The number of benzene rings is 2. The Labute approximate surface area is 164 Å². The Morgan fingerprint density at radius 1 is 1.19 bits per heavy atom. The first kappa shape index (κ1) is 20.5. The first-order chi connectivity index (χ1) is 12.6. The van der Waals surface area contributed by atoms with E-state index in [9.17, 15) is 4.79 Å². The normalized spacial score (nSPS) is 10.4. The van der Waals surface area contributed by atoms with E-state index in [-0.39, 0.29) is 5.91 Å². The van der Waals surface area contributed by atoms with Crippen LogP contribution in [0.1, 0.15) is 24.5 Å². The zero-order valence-corrected chi connectivity index (χ0v) is 16.7. The number of methoxy groups -OCH3 is 1. The van der Waals surface area contributed by atoms with Crippen molar-refractivity contribution in [2.45, 2.75) is 25.6 Å². The number of halogens is 1. The van der Waals surface area contributed by atoms with Crippen molar-refractivity contribution in [3.63, 3.8) is 0 Å². The van der Waals surface area contributed by atoms with Gasteiger partial charge in [-0.2, -0.15) is 11.8 Å². The second-order valence-corrected chi connectivity index (χ2v) is 7.10. The lowest BCUT2D eigenvalue weighted by Crippen LogP contribution is -2.23. The molecule has 0 heterocycles. The number of amides is 1. The zero-order valence-electron chi connectivity index (χ0n) is 15.1. The summed E-state index contributed by atoms with van der Waals surface area (Å²) in [5.74, 6) is 2.98. The van der Waals surface area contributed by atoms with Gasteiger partial charge < -0.3 is 14.8 Å². The zero-order chi connectivity index (χ0) is 18.8. The monoisotopic (exact) mass is 393 g/mol. The van der Waals surface area contributed by atoms with Crippen molar-refractivity contribution in [1.29, 1.82) is 0 Å². The van der Waals surface area contributed by atoms with E-state index in [1.54, 1.807) is 18.9 Å². The van der Waals surface area contributed by atoms with E-state index < -0.39 is 0 Å². The lowest BCUT2D eigenvalue weighted by atomic mass is 10.2. The first-order valence-corrected chi connectivity index (χ1v) is 10.0. The van der Waals surface area contributed by atoms with Crippen LogP contribution in [-0.2, 0) is 17.1 Å². The van der Waals surface area contributed by atoms with Crippen molar-refractivity contribution < 1.29 is 14.3 Å². The van der Waals surface area contributed by atoms with Crippen LogP contribution in [0.2, 0.25) is 5.02 Å². The van der Waals surface area contributed by atoms with E-state index in [0.29, 0.717) is 31.1 Å². The van der Waals surface area contributed by atoms with Crippen LogP contribution < -0.4 is 14.8 Å². The van der Waals surface area contributed by atoms with Gasteiger partial charge in [0.2, 0.25) is 5.91 Å². The Hall–Kier alpha value is -1.85. The molecule has 0 aliphatic heterocycles. The van der Waals surface area contributed by atoms with Crippen LogP contribution in [0.3, 0.4) is 0 Å². The van der Waals surface area contributed by atoms with Crippen LogP contribution >= 0.6 is 23.4 Å². The maximum Gasteiger partial charge on any atom is 0.221 e. The Kier molecular flexibility index (Phi) is 8.65. The second kappa shape index (κ2) is 11.0. The van der Waals surface area contributed by atoms with Gasteiger partial charge in [0, 0.05) is 29.5 Å². The third-order valence-electron chi connectivity index (χ3n) is 3.71. The quantitative estimate of drug-likeness (QED) is 0.595. The van der Waals surface area contributed by atoms with Crippen molar-refractivity contribution >= 4 is 29.3 Å². The molecular formula is C20H24ClNO3S. The van der Waals surface area contributed by atoms with Crippen molar-refractivity contribution in [3.05, 3.63) is 58.6 Å². The fourth-order valence-corrected chi connectivity index (χ4v) is 3.58. The van der Waals surface area contributed by atoms with Crippen LogP contribution in [0, 0.1) is 0 Å². The predicted molar refractivity (Wildman–Crippen MR) is 108 cm³/mol. The summed E-state index contributed by atoms with van der Waals surface area (Å²) in [5, 5.41) is 3.71. The molecule has 0 aliphatic carbocycles. The summed E-state index contributed by atoms with van der Waals surface area (Å²) in [6.45, 7) is 2.98. The highest BCUT2D eigenvalue weighted by Gasteiger charge is 2.07. The summed E-state index contributed by atoms with van der Waals surface area (Å²) >= 11 is 7.83. The van der Waals surface area contributed by atoms with Gasteiger partial charge in [-0.1, -0.05) is 35.9 Å². The summed E-state index contributed by atoms with van der Waals surface area (Å²) in [6, 6.07) is 13.5. The van der Waals surface area contributed by atoms with Crippen LogP contribution in [0.4, 0.5) is 0 Å². The molecule has 2 aromatic carbocycles. The number of hydrogen-bond acceptors (Lipinski definition) is 4. The van der Waals surface area contributed by atoms with E-state index in [1.807, 2.05) is 49.4 Å². The first-order valence-electron chi connectivity index (χ1n) is 8.51. The van der Waals surface area contributed by atoms with Crippen molar-refractivity contribution in [1.82, 2.24) is 5.32 Å². The number of rotatable bonds is 10. The number of nitrogens with one attached hydrogen (secondary N) is 1. The molecule has 0 atom stereocenters. The molecule has 140 valence electrons. The van der Waals surface area contributed by atoms with E-state index in [4.69, 9.17) is 21.1 Å². The van der Waals surface area contributed by atoms with Gasteiger partial charge in [0.15, 0.2) is 11.5 Å². The van der Waals surface area contributed by atoms with Crippen molar-refractivity contribution in [3.8, 4) is 11.5 Å². The average molecular weight is 394 g/mol. The summed E-state index contributed by atoms with van der Waals surface area (Å²) in [7, 11) is 1.61. The molecule has 0 radical (unpaired) electrons. The lowest BCUT2D eigenvalue weighted by Gasteiger charge is -2.11. The molecule has 0 saturated heterocycles. The maximum absolute atomic E-state index is 12.0. The van der Waals surface area contributed by atoms with E-state index >= 15 is 0 Å². The largest absolute Gasteiger partial charge is 0.493 e. The van der Waals surface area contributed by atoms with Gasteiger partial charge in [-0.05, 0) is 36.2 Å². The summed E-state index contributed by atoms with van der Waals surface area (Å²) < 4.78 is 10.8. The molecule has 0 fully saturated rings. The number of thioether (sulfide) groups is 1. The van der Waals surface area contributed by atoms with Gasteiger partial charge in [0.05, 0.1) is 13.7 Å². The van der Waals surface area contributed by atoms with Gasteiger partial charge in [0.25, 0.3) is 0 Å². The van der Waals surface area contributed by atoms with Gasteiger partial charge in [-0.15, -0.1) is 0 Å². The molecule has 0 unspecified atom stereocenters. The Morgan fingerprint density at radius 3 is 2.73 bits per heavy atom. The molecular weight excluding hydrogens is 370 g/mol. The van der Waals surface area contributed by atoms with Crippen LogP contribution in [0.15, 0.2) is 42.5 Å². The predicted octanol–water partition coefficient (Wildman–Crippen LogP) is 4.69.